The van der Waals surface area contributed by atoms with E-state index in [9.17, 15) is 14.0 Å². The Balaban J connectivity index is 1.98. The highest BCUT2D eigenvalue weighted by Crippen LogP contribution is 2.44. The number of ether oxygens (including phenoxy) is 2. The highest BCUT2D eigenvalue weighted by atomic mass is 19.1. The van der Waals surface area contributed by atoms with Crippen molar-refractivity contribution in [1.29, 1.82) is 0 Å². The minimum Gasteiger partial charge on any atom is -0.493 e. The van der Waals surface area contributed by atoms with E-state index in [0.717, 1.165) is 36.6 Å². The van der Waals surface area contributed by atoms with Crippen LogP contribution in [0.5, 0.6) is 11.5 Å². The van der Waals surface area contributed by atoms with Gasteiger partial charge in [0.25, 0.3) is 0 Å². The first-order chi connectivity index (χ1) is 13.4. The molecule has 0 spiro atoms. The van der Waals surface area contributed by atoms with Gasteiger partial charge in [-0.1, -0.05) is 18.9 Å². The lowest BCUT2D eigenvalue weighted by molar-refractivity contribution is -0.121. The molecule has 148 valence electrons. The number of carboxylic acids is 1. The smallest absolute Gasteiger partial charge is 0.335 e. The van der Waals surface area contributed by atoms with Crippen LogP contribution in [0.1, 0.15) is 41.6 Å². The molecule has 1 aliphatic carbocycles. The fourth-order valence-corrected chi connectivity index (χ4v) is 3.76. The van der Waals surface area contributed by atoms with Crippen LogP contribution in [-0.4, -0.2) is 31.2 Å². The number of carbonyl (C=O) groups is 2. The molecule has 1 fully saturated rings. The van der Waals surface area contributed by atoms with Crippen LogP contribution in [0.15, 0.2) is 36.4 Å². The molecule has 6 nitrogen and oxygen atoms in total. The van der Waals surface area contributed by atoms with Crippen molar-refractivity contribution in [2.24, 2.45) is 0 Å². The SMILES string of the molecule is COc1ccc(C2(C(=O)Nc3cc(C(=O)O)ccc3F)CCCC2)cc1OC. The Labute approximate surface area is 162 Å². The Kier molecular flexibility index (Phi) is 5.53. The van der Waals surface area contributed by atoms with Crippen molar-refractivity contribution in [3.63, 3.8) is 0 Å². The summed E-state index contributed by atoms with van der Waals surface area (Å²) in [6.07, 6.45) is 2.93. The predicted octanol–water partition coefficient (Wildman–Crippen LogP) is 3.99. The highest BCUT2D eigenvalue weighted by Gasteiger charge is 2.43. The van der Waals surface area contributed by atoms with Crippen LogP contribution in [0.2, 0.25) is 0 Å². The summed E-state index contributed by atoms with van der Waals surface area (Å²) in [7, 11) is 3.06. The van der Waals surface area contributed by atoms with E-state index >= 15 is 0 Å². The molecule has 0 radical (unpaired) electrons. The van der Waals surface area contributed by atoms with Crippen molar-refractivity contribution in [2.75, 3.05) is 19.5 Å². The molecular weight excluding hydrogens is 365 g/mol. The second-order valence-corrected chi connectivity index (χ2v) is 6.81. The number of carbonyl (C=O) groups excluding carboxylic acids is 1. The molecule has 1 aliphatic rings. The van der Waals surface area contributed by atoms with Crippen molar-refractivity contribution < 1.29 is 28.6 Å². The van der Waals surface area contributed by atoms with E-state index in [2.05, 4.69) is 5.32 Å². The van der Waals surface area contributed by atoms with E-state index in [1.807, 2.05) is 6.07 Å². The topological polar surface area (TPSA) is 84.9 Å². The van der Waals surface area contributed by atoms with Crippen LogP contribution in [0.25, 0.3) is 0 Å². The largest absolute Gasteiger partial charge is 0.493 e. The molecule has 0 atom stereocenters. The van der Waals surface area contributed by atoms with Gasteiger partial charge in [0.2, 0.25) is 5.91 Å². The Morgan fingerprint density at radius 3 is 2.32 bits per heavy atom. The van der Waals surface area contributed by atoms with Gasteiger partial charge in [-0.05, 0) is 48.7 Å². The average molecular weight is 387 g/mol. The van der Waals surface area contributed by atoms with E-state index < -0.39 is 17.2 Å². The van der Waals surface area contributed by atoms with Crippen LogP contribution >= 0.6 is 0 Å². The van der Waals surface area contributed by atoms with Crippen molar-refractivity contribution >= 4 is 17.6 Å². The zero-order valence-electron chi connectivity index (χ0n) is 15.8. The molecule has 0 unspecified atom stereocenters. The molecule has 0 aliphatic heterocycles. The highest BCUT2D eigenvalue weighted by molar-refractivity contribution is 6.00. The maximum Gasteiger partial charge on any atom is 0.335 e. The van der Waals surface area contributed by atoms with Gasteiger partial charge in [0.1, 0.15) is 5.82 Å². The standard InChI is InChI=1S/C21H22FNO5/c1-27-17-8-6-14(12-18(17)28-2)21(9-3-4-10-21)20(26)23-16-11-13(19(24)25)5-7-15(16)22/h5-8,11-12H,3-4,9-10H2,1-2H3,(H,23,26)(H,24,25). The zero-order chi connectivity index (χ0) is 20.3. The predicted molar refractivity (Wildman–Crippen MR) is 102 cm³/mol. The third-order valence-corrected chi connectivity index (χ3v) is 5.29. The van der Waals surface area contributed by atoms with Gasteiger partial charge in [-0.15, -0.1) is 0 Å². The molecule has 2 aromatic rings. The molecule has 1 saturated carbocycles. The van der Waals surface area contributed by atoms with Gasteiger partial charge in [0, 0.05) is 0 Å². The Bertz CT molecular complexity index is 906. The molecule has 7 heteroatoms. The summed E-state index contributed by atoms with van der Waals surface area (Å²) < 4.78 is 24.8. The first-order valence-corrected chi connectivity index (χ1v) is 8.98. The quantitative estimate of drug-likeness (QED) is 0.783. The molecule has 28 heavy (non-hydrogen) atoms. The summed E-state index contributed by atoms with van der Waals surface area (Å²) in [6.45, 7) is 0. The van der Waals surface area contributed by atoms with Gasteiger partial charge in [0.15, 0.2) is 11.5 Å². The molecule has 0 saturated heterocycles. The summed E-state index contributed by atoms with van der Waals surface area (Å²) in [5.41, 5.74) is -0.319. The van der Waals surface area contributed by atoms with Crippen molar-refractivity contribution in [3.05, 3.63) is 53.3 Å². The van der Waals surface area contributed by atoms with Crippen LogP contribution in [0.4, 0.5) is 10.1 Å². The summed E-state index contributed by atoms with van der Waals surface area (Å²) >= 11 is 0. The van der Waals surface area contributed by atoms with E-state index in [1.54, 1.807) is 12.1 Å². The van der Waals surface area contributed by atoms with Gasteiger partial charge >= 0.3 is 5.97 Å². The van der Waals surface area contributed by atoms with E-state index in [-0.39, 0.29) is 17.2 Å². The van der Waals surface area contributed by atoms with Gasteiger partial charge < -0.3 is 19.9 Å². The van der Waals surface area contributed by atoms with Crippen LogP contribution in [-0.2, 0) is 10.2 Å². The van der Waals surface area contributed by atoms with Gasteiger partial charge in [-0.25, -0.2) is 9.18 Å². The van der Waals surface area contributed by atoms with Gasteiger partial charge in [-0.2, -0.15) is 0 Å². The molecule has 0 aromatic heterocycles. The maximum absolute atomic E-state index is 14.2. The monoisotopic (exact) mass is 387 g/mol. The Hall–Kier alpha value is -3.09. The molecule has 2 N–H and O–H groups in total. The minimum atomic E-state index is -1.19. The number of amides is 1. The van der Waals surface area contributed by atoms with Gasteiger partial charge in [0.05, 0.1) is 30.9 Å². The molecule has 0 heterocycles. The summed E-state index contributed by atoms with van der Waals surface area (Å²) in [5, 5.41) is 11.7. The van der Waals surface area contributed by atoms with E-state index in [1.165, 1.54) is 14.2 Å². The number of halogens is 1. The van der Waals surface area contributed by atoms with Crippen molar-refractivity contribution in [3.8, 4) is 11.5 Å². The first-order valence-electron chi connectivity index (χ1n) is 8.98. The molecule has 1 amide bonds. The molecular formula is C21H22FNO5. The lowest BCUT2D eigenvalue weighted by Gasteiger charge is -2.29. The summed E-state index contributed by atoms with van der Waals surface area (Å²) in [5.74, 6) is -1.17. The zero-order valence-corrected chi connectivity index (χ0v) is 15.8. The maximum atomic E-state index is 14.2. The number of nitrogens with one attached hydrogen (secondary N) is 1. The van der Waals surface area contributed by atoms with E-state index in [4.69, 9.17) is 14.6 Å². The van der Waals surface area contributed by atoms with Crippen LogP contribution in [0, 0.1) is 5.82 Å². The number of aromatic carboxylic acids is 1. The Morgan fingerprint density at radius 2 is 1.71 bits per heavy atom. The normalized spacial score (nSPS) is 15.1. The fraction of sp³-hybridized carbons (Fsp3) is 0.333. The Morgan fingerprint density at radius 1 is 1.04 bits per heavy atom. The van der Waals surface area contributed by atoms with Crippen molar-refractivity contribution in [2.45, 2.75) is 31.1 Å². The fourth-order valence-electron chi connectivity index (χ4n) is 3.76. The first kappa shape index (κ1) is 19.7. The number of methoxy groups -OCH3 is 2. The van der Waals surface area contributed by atoms with Crippen molar-refractivity contribution in [1.82, 2.24) is 0 Å². The average Bonchev–Trinajstić information content (AvgIpc) is 3.20. The third-order valence-electron chi connectivity index (χ3n) is 5.29. The van der Waals surface area contributed by atoms with Crippen LogP contribution in [0.3, 0.4) is 0 Å². The number of anilines is 1. The summed E-state index contributed by atoms with van der Waals surface area (Å²) in [6, 6.07) is 8.66. The van der Waals surface area contributed by atoms with Gasteiger partial charge in [-0.3, -0.25) is 4.79 Å². The molecule has 2 aromatic carbocycles. The lowest BCUT2D eigenvalue weighted by atomic mass is 9.77. The second kappa shape index (κ2) is 7.88. The number of benzene rings is 2. The minimum absolute atomic E-state index is 0.0942. The lowest BCUT2D eigenvalue weighted by Crippen LogP contribution is -2.38. The number of hydrogen-bond acceptors (Lipinski definition) is 4. The summed E-state index contributed by atoms with van der Waals surface area (Å²) in [4.78, 5) is 24.4. The van der Waals surface area contributed by atoms with E-state index in [0.29, 0.717) is 24.3 Å². The third kappa shape index (κ3) is 3.52. The number of hydrogen-bond donors (Lipinski definition) is 2. The molecule has 0 bridgehead atoms. The number of rotatable bonds is 6. The molecule has 3 rings (SSSR count). The second-order valence-electron chi connectivity index (χ2n) is 6.81. The number of carboxylic acid groups (broad SMARTS) is 1. The van der Waals surface area contributed by atoms with Crippen LogP contribution < -0.4 is 14.8 Å².